The highest BCUT2D eigenvalue weighted by Crippen LogP contribution is 2.35. The lowest BCUT2D eigenvalue weighted by atomic mass is 9.83. The van der Waals surface area contributed by atoms with Crippen molar-refractivity contribution < 1.29 is 18.3 Å². The lowest BCUT2D eigenvalue weighted by Gasteiger charge is -2.29. The van der Waals surface area contributed by atoms with Crippen molar-refractivity contribution in [3.05, 3.63) is 53.6 Å². The van der Waals surface area contributed by atoms with E-state index in [0.717, 1.165) is 31.6 Å². The van der Waals surface area contributed by atoms with Crippen LogP contribution in [0.1, 0.15) is 76.7 Å². The van der Waals surface area contributed by atoms with E-state index in [0.29, 0.717) is 36.5 Å². The normalized spacial score (nSPS) is 33.5. The van der Waals surface area contributed by atoms with Gasteiger partial charge < -0.3 is 9.47 Å². The van der Waals surface area contributed by atoms with Crippen LogP contribution >= 0.6 is 0 Å². The van der Waals surface area contributed by atoms with Crippen LogP contribution in [0.25, 0.3) is 0 Å². The average Bonchev–Trinajstić information content (AvgIpc) is 2.81. The molecule has 2 fully saturated rings. The van der Waals surface area contributed by atoms with Crippen LogP contribution in [0, 0.1) is 35.3 Å². The summed E-state index contributed by atoms with van der Waals surface area (Å²) in [6.07, 6.45) is 17.7. The van der Waals surface area contributed by atoms with Crippen molar-refractivity contribution in [2.24, 2.45) is 23.7 Å². The number of halogens is 2. The van der Waals surface area contributed by atoms with Crippen LogP contribution in [-0.4, -0.2) is 19.3 Å². The quantitative estimate of drug-likeness (QED) is 0.421. The van der Waals surface area contributed by atoms with E-state index in [1.807, 2.05) is 0 Å². The summed E-state index contributed by atoms with van der Waals surface area (Å²) in [5.74, 6) is 0.669. The Bertz CT molecular complexity index is 802. The topological polar surface area (TPSA) is 18.5 Å². The second-order valence-electron chi connectivity index (χ2n) is 10.4. The molecule has 1 aromatic rings. The molecule has 4 unspecified atom stereocenters. The third-order valence-electron chi connectivity index (χ3n) is 7.65. The first-order chi connectivity index (χ1) is 15.5. The zero-order chi connectivity index (χ0) is 22.5. The summed E-state index contributed by atoms with van der Waals surface area (Å²) in [4.78, 5) is 0. The molecule has 3 aliphatic rings. The van der Waals surface area contributed by atoms with Crippen LogP contribution in [-0.2, 0) is 4.74 Å². The van der Waals surface area contributed by atoms with E-state index in [2.05, 4.69) is 38.2 Å². The molecule has 1 saturated heterocycles. The fourth-order valence-corrected chi connectivity index (χ4v) is 5.25. The summed E-state index contributed by atoms with van der Waals surface area (Å²) in [7, 11) is 0. The van der Waals surface area contributed by atoms with E-state index in [1.165, 1.54) is 25.7 Å². The summed E-state index contributed by atoms with van der Waals surface area (Å²) in [6, 6.07) is 3.29. The number of hydrogen-bond donors (Lipinski definition) is 0. The molecule has 4 rings (SSSR count). The van der Waals surface area contributed by atoms with E-state index >= 15 is 0 Å². The van der Waals surface area contributed by atoms with Gasteiger partial charge in [-0.05, 0) is 73.8 Å². The first-order valence-corrected chi connectivity index (χ1v) is 12.6. The van der Waals surface area contributed by atoms with Gasteiger partial charge in [0.1, 0.15) is 0 Å². The van der Waals surface area contributed by atoms with Crippen molar-refractivity contribution in [1.29, 1.82) is 0 Å². The van der Waals surface area contributed by atoms with E-state index < -0.39 is 11.6 Å². The molecule has 1 aliphatic heterocycles. The predicted octanol–water partition coefficient (Wildman–Crippen LogP) is 7.59. The molecule has 2 nitrogen and oxygen atoms in total. The summed E-state index contributed by atoms with van der Waals surface area (Å²) in [5.41, 5.74) is 0.410. The zero-order valence-corrected chi connectivity index (χ0v) is 19.6. The molecule has 0 radical (unpaired) electrons. The largest absolute Gasteiger partial charge is 0.490 e. The first-order valence-electron chi connectivity index (χ1n) is 12.6. The van der Waals surface area contributed by atoms with Crippen molar-refractivity contribution in [3.63, 3.8) is 0 Å². The Labute approximate surface area is 192 Å². The molecule has 2 aliphatic carbocycles. The molecule has 4 heteroatoms. The van der Waals surface area contributed by atoms with Crippen molar-refractivity contribution >= 4 is 0 Å². The maximum Gasteiger partial charge on any atom is 0.200 e. The SMILES string of the molecule is CC1C=CC(/C=C/C2CCC(c3ccc(OCC4CCC(C)CC4)c(F)c3F)CO2)CC1. The highest BCUT2D eigenvalue weighted by molar-refractivity contribution is 5.33. The highest BCUT2D eigenvalue weighted by Gasteiger charge is 2.27. The number of hydrogen-bond acceptors (Lipinski definition) is 2. The maximum atomic E-state index is 14.9. The average molecular weight is 445 g/mol. The van der Waals surface area contributed by atoms with Crippen LogP contribution in [0.3, 0.4) is 0 Å². The van der Waals surface area contributed by atoms with Gasteiger partial charge in [0.05, 0.1) is 19.3 Å². The minimum absolute atomic E-state index is 0.0391. The Balaban J connectivity index is 1.29. The van der Waals surface area contributed by atoms with Gasteiger partial charge in [-0.25, -0.2) is 4.39 Å². The van der Waals surface area contributed by atoms with Gasteiger partial charge >= 0.3 is 0 Å². The molecule has 0 N–H and O–H groups in total. The molecule has 1 saturated carbocycles. The summed E-state index contributed by atoms with van der Waals surface area (Å²) < 4.78 is 41.2. The molecule has 0 amide bonds. The lowest BCUT2D eigenvalue weighted by molar-refractivity contribution is 0.0315. The predicted molar refractivity (Wildman–Crippen MR) is 125 cm³/mol. The Morgan fingerprint density at radius 3 is 2.41 bits per heavy atom. The monoisotopic (exact) mass is 444 g/mol. The second-order valence-corrected chi connectivity index (χ2v) is 10.4. The standard InChI is InChI=1S/C28H38F2O2/c1-19-3-7-21(8-4-19)11-13-24-14-12-23(18-31-24)25-15-16-26(28(30)27(25)29)32-17-22-9-5-20(2)6-10-22/h3,7,11,13,15-16,19-24H,4-6,8-10,12,14,17-18H2,1-2H3/b13-11+. The minimum Gasteiger partial charge on any atom is -0.490 e. The molecule has 0 aromatic heterocycles. The van der Waals surface area contributed by atoms with Crippen LogP contribution in [0.4, 0.5) is 8.78 Å². The van der Waals surface area contributed by atoms with Crippen LogP contribution in [0.15, 0.2) is 36.4 Å². The molecule has 176 valence electrons. The maximum absolute atomic E-state index is 14.9. The first kappa shape index (κ1) is 23.5. The summed E-state index contributed by atoms with van der Waals surface area (Å²) in [5, 5.41) is 0. The number of ether oxygens (including phenoxy) is 2. The summed E-state index contributed by atoms with van der Waals surface area (Å²) in [6.45, 7) is 5.41. The van der Waals surface area contributed by atoms with E-state index in [9.17, 15) is 8.78 Å². The number of rotatable bonds is 6. The van der Waals surface area contributed by atoms with E-state index in [-0.39, 0.29) is 17.8 Å². The molecular formula is C28H38F2O2. The van der Waals surface area contributed by atoms with Gasteiger partial charge in [0, 0.05) is 5.92 Å². The van der Waals surface area contributed by atoms with Crippen LogP contribution in [0.5, 0.6) is 5.75 Å². The second kappa shape index (κ2) is 11.0. The number of allylic oxidation sites excluding steroid dienone is 3. The molecule has 0 bridgehead atoms. The van der Waals surface area contributed by atoms with Gasteiger partial charge in [-0.2, -0.15) is 4.39 Å². The summed E-state index contributed by atoms with van der Waals surface area (Å²) >= 11 is 0. The molecule has 4 atom stereocenters. The van der Waals surface area contributed by atoms with Crippen molar-refractivity contribution in [2.75, 3.05) is 13.2 Å². The highest BCUT2D eigenvalue weighted by atomic mass is 19.2. The van der Waals surface area contributed by atoms with E-state index in [1.54, 1.807) is 12.1 Å². The fraction of sp³-hybridized carbons (Fsp3) is 0.643. The third-order valence-corrected chi connectivity index (χ3v) is 7.65. The molecular weight excluding hydrogens is 406 g/mol. The van der Waals surface area contributed by atoms with Crippen molar-refractivity contribution in [2.45, 2.75) is 77.2 Å². The Hall–Kier alpha value is -1.68. The van der Waals surface area contributed by atoms with Gasteiger partial charge in [-0.3, -0.25) is 0 Å². The third kappa shape index (κ3) is 6.01. The van der Waals surface area contributed by atoms with E-state index in [4.69, 9.17) is 9.47 Å². The lowest BCUT2D eigenvalue weighted by Crippen LogP contribution is -2.24. The molecule has 1 aromatic carbocycles. The molecule has 32 heavy (non-hydrogen) atoms. The fourth-order valence-electron chi connectivity index (χ4n) is 5.25. The van der Waals surface area contributed by atoms with Crippen molar-refractivity contribution in [1.82, 2.24) is 0 Å². The van der Waals surface area contributed by atoms with Gasteiger partial charge in [0.2, 0.25) is 5.82 Å². The van der Waals surface area contributed by atoms with Crippen LogP contribution in [0.2, 0.25) is 0 Å². The van der Waals surface area contributed by atoms with Gasteiger partial charge in [0.15, 0.2) is 11.6 Å². The minimum atomic E-state index is -0.855. The Morgan fingerprint density at radius 1 is 0.906 bits per heavy atom. The Kier molecular flexibility index (Phi) is 8.04. The molecule has 0 spiro atoms. The zero-order valence-electron chi connectivity index (χ0n) is 19.6. The van der Waals surface area contributed by atoms with Gasteiger partial charge in [-0.1, -0.05) is 57.1 Å². The Morgan fingerprint density at radius 2 is 1.72 bits per heavy atom. The smallest absolute Gasteiger partial charge is 0.200 e. The van der Waals surface area contributed by atoms with Crippen molar-refractivity contribution in [3.8, 4) is 5.75 Å². The van der Waals surface area contributed by atoms with Crippen LogP contribution < -0.4 is 4.74 Å². The van der Waals surface area contributed by atoms with Gasteiger partial charge in [0.25, 0.3) is 0 Å². The molecule has 1 heterocycles. The number of benzene rings is 1. The van der Waals surface area contributed by atoms with Gasteiger partial charge in [-0.15, -0.1) is 0 Å².